The molecule has 1 heterocycles. The van der Waals surface area contributed by atoms with Crippen LogP contribution in [0.2, 0.25) is 0 Å². The van der Waals surface area contributed by atoms with Gasteiger partial charge in [-0.15, -0.1) is 0 Å². The Morgan fingerprint density at radius 3 is 2.18 bits per heavy atom. The fourth-order valence-corrected chi connectivity index (χ4v) is 7.25. The number of nitrogens with one attached hydrogen (secondary N) is 1. The van der Waals surface area contributed by atoms with E-state index in [9.17, 15) is 21.6 Å². The molecule has 0 aromatic heterocycles. The summed E-state index contributed by atoms with van der Waals surface area (Å²) in [4.78, 5) is 13.3. The summed E-state index contributed by atoms with van der Waals surface area (Å²) in [6.45, 7) is 2.23. The van der Waals surface area contributed by atoms with Crippen molar-refractivity contribution in [2.24, 2.45) is 0 Å². The minimum Gasteiger partial charge on any atom is -0.495 e. The van der Waals surface area contributed by atoms with E-state index in [4.69, 9.17) is 4.74 Å². The summed E-state index contributed by atoms with van der Waals surface area (Å²) in [5.74, 6) is -0.403. The molecule has 0 aliphatic carbocycles. The van der Waals surface area contributed by atoms with Gasteiger partial charge in [0.2, 0.25) is 15.9 Å². The molecule has 1 aliphatic rings. The lowest BCUT2D eigenvalue weighted by molar-refractivity contribution is -0.114. The molecule has 0 saturated carbocycles. The van der Waals surface area contributed by atoms with Crippen molar-refractivity contribution in [1.82, 2.24) is 4.31 Å². The lowest BCUT2D eigenvalue weighted by Gasteiger charge is -2.26. The predicted molar refractivity (Wildman–Crippen MR) is 146 cm³/mol. The van der Waals surface area contributed by atoms with Crippen molar-refractivity contribution in [1.29, 1.82) is 0 Å². The van der Waals surface area contributed by atoms with Crippen molar-refractivity contribution in [3.63, 3.8) is 0 Å². The van der Waals surface area contributed by atoms with Crippen LogP contribution in [0.3, 0.4) is 0 Å². The molecule has 0 radical (unpaired) electrons. The van der Waals surface area contributed by atoms with Crippen molar-refractivity contribution in [2.45, 2.75) is 36.0 Å². The highest BCUT2D eigenvalue weighted by molar-refractivity contribution is 7.92. The molecule has 1 N–H and O–H groups in total. The predicted octanol–water partition coefficient (Wildman–Crippen LogP) is 4.01. The van der Waals surface area contributed by atoms with E-state index >= 15 is 0 Å². The van der Waals surface area contributed by atoms with Crippen LogP contribution in [0.4, 0.5) is 11.4 Å². The first-order valence-corrected chi connectivity index (χ1v) is 15.1. The second-order valence-corrected chi connectivity index (χ2v) is 12.8. The van der Waals surface area contributed by atoms with Crippen LogP contribution in [0, 0.1) is 6.92 Å². The number of methoxy groups -OCH3 is 1. The van der Waals surface area contributed by atoms with Crippen LogP contribution in [0.15, 0.2) is 82.6 Å². The van der Waals surface area contributed by atoms with Crippen LogP contribution >= 0.6 is 0 Å². The van der Waals surface area contributed by atoms with E-state index in [2.05, 4.69) is 5.32 Å². The first kappa shape index (κ1) is 27.6. The van der Waals surface area contributed by atoms with Gasteiger partial charge in [0.05, 0.1) is 28.3 Å². The third-order valence-corrected chi connectivity index (χ3v) is 10.0. The molecule has 38 heavy (non-hydrogen) atoms. The van der Waals surface area contributed by atoms with E-state index in [1.54, 1.807) is 42.5 Å². The summed E-state index contributed by atoms with van der Waals surface area (Å²) in [7, 11) is -6.43. The summed E-state index contributed by atoms with van der Waals surface area (Å²) in [5, 5.41) is 2.66. The fraction of sp³-hybridized carbons (Fsp3) is 0.296. The SMILES string of the molecule is COc1ccc(S(=O)(=O)N2CCCCC2)cc1NC(=O)CN(c1ccc(C)cc1)S(=O)(=O)c1ccccc1. The number of hydrogen-bond donors (Lipinski definition) is 1. The topological polar surface area (TPSA) is 113 Å². The quantitative estimate of drug-likeness (QED) is 0.425. The average molecular weight is 558 g/mol. The number of carbonyl (C=O) groups is 1. The molecule has 1 fully saturated rings. The zero-order valence-electron chi connectivity index (χ0n) is 21.3. The molecule has 202 valence electrons. The summed E-state index contributed by atoms with van der Waals surface area (Å²) < 4.78 is 61.2. The number of hydrogen-bond acceptors (Lipinski definition) is 6. The van der Waals surface area contributed by atoms with Gasteiger partial charge in [-0.3, -0.25) is 9.10 Å². The van der Waals surface area contributed by atoms with Crippen molar-refractivity contribution < 1.29 is 26.4 Å². The van der Waals surface area contributed by atoms with E-state index < -0.39 is 32.5 Å². The zero-order valence-corrected chi connectivity index (χ0v) is 23.0. The van der Waals surface area contributed by atoms with Gasteiger partial charge in [-0.2, -0.15) is 4.31 Å². The number of rotatable bonds is 9. The van der Waals surface area contributed by atoms with Crippen LogP contribution in [-0.4, -0.2) is 53.8 Å². The third-order valence-electron chi connectivity index (χ3n) is 6.34. The molecule has 1 aliphatic heterocycles. The smallest absolute Gasteiger partial charge is 0.264 e. The molecular formula is C27H31N3O6S2. The highest BCUT2D eigenvalue weighted by atomic mass is 32.2. The molecule has 0 spiro atoms. The maximum Gasteiger partial charge on any atom is 0.264 e. The molecule has 4 rings (SSSR count). The van der Waals surface area contributed by atoms with E-state index in [-0.39, 0.29) is 21.2 Å². The average Bonchev–Trinajstić information content (AvgIpc) is 2.93. The normalized spacial score (nSPS) is 14.6. The van der Waals surface area contributed by atoms with Gasteiger partial charge < -0.3 is 10.1 Å². The number of piperidine rings is 1. The first-order chi connectivity index (χ1) is 18.1. The van der Waals surface area contributed by atoms with Crippen LogP contribution in [0.5, 0.6) is 5.75 Å². The van der Waals surface area contributed by atoms with Gasteiger partial charge in [-0.1, -0.05) is 42.3 Å². The standard InChI is InChI=1S/C27H31N3O6S2/c1-21-11-13-22(14-12-21)30(38(34,35)23-9-5-3-6-10-23)20-27(31)28-25-19-24(15-16-26(25)36-2)37(32,33)29-17-7-4-8-18-29/h3,5-6,9-16,19H,4,7-8,17-18,20H2,1-2H3,(H,28,31). The molecule has 0 bridgehead atoms. The highest BCUT2D eigenvalue weighted by Gasteiger charge is 2.29. The Balaban J connectivity index is 1.64. The van der Waals surface area contributed by atoms with Gasteiger partial charge in [-0.05, 0) is 62.2 Å². The van der Waals surface area contributed by atoms with Gasteiger partial charge in [0.1, 0.15) is 12.3 Å². The van der Waals surface area contributed by atoms with Crippen LogP contribution < -0.4 is 14.4 Å². The zero-order chi connectivity index (χ0) is 27.3. The Morgan fingerprint density at radius 1 is 0.895 bits per heavy atom. The monoisotopic (exact) mass is 557 g/mol. The Hall–Kier alpha value is -3.41. The molecule has 3 aromatic rings. The van der Waals surface area contributed by atoms with Crippen LogP contribution in [-0.2, 0) is 24.8 Å². The molecular weight excluding hydrogens is 526 g/mol. The minimum absolute atomic E-state index is 0.0304. The van der Waals surface area contributed by atoms with E-state index in [0.717, 1.165) is 29.1 Å². The molecule has 0 atom stereocenters. The third kappa shape index (κ3) is 6.01. The molecule has 11 heteroatoms. The van der Waals surface area contributed by atoms with E-state index in [1.807, 2.05) is 6.92 Å². The Kier molecular flexibility index (Phi) is 8.39. The Bertz CT molecular complexity index is 1490. The van der Waals surface area contributed by atoms with Crippen molar-refractivity contribution >= 4 is 37.3 Å². The van der Waals surface area contributed by atoms with Gasteiger partial charge in [0, 0.05) is 13.1 Å². The summed E-state index contributed by atoms with van der Waals surface area (Å²) >= 11 is 0. The molecule has 3 aromatic carbocycles. The summed E-state index contributed by atoms with van der Waals surface area (Å²) in [6.07, 6.45) is 2.58. The fourth-order valence-electron chi connectivity index (χ4n) is 4.27. The van der Waals surface area contributed by atoms with Gasteiger partial charge in [-0.25, -0.2) is 16.8 Å². The molecule has 1 amide bonds. The number of amides is 1. The largest absolute Gasteiger partial charge is 0.495 e. The summed E-state index contributed by atoms with van der Waals surface area (Å²) in [5.41, 5.74) is 1.39. The van der Waals surface area contributed by atoms with Crippen molar-refractivity contribution in [2.75, 3.05) is 36.4 Å². The lowest BCUT2D eigenvalue weighted by atomic mass is 10.2. The number of carbonyl (C=O) groups excluding carboxylic acids is 1. The maximum absolute atomic E-state index is 13.5. The number of ether oxygens (including phenoxy) is 1. The van der Waals surface area contributed by atoms with E-state index in [1.165, 1.54) is 41.7 Å². The van der Waals surface area contributed by atoms with Crippen LogP contribution in [0.1, 0.15) is 24.8 Å². The second-order valence-electron chi connectivity index (χ2n) is 9.04. The van der Waals surface area contributed by atoms with Crippen LogP contribution in [0.25, 0.3) is 0 Å². The number of anilines is 2. The first-order valence-electron chi connectivity index (χ1n) is 12.3. The van der Waals surface area contributed by atoms with Gasteiger partial charge in [0.15, 0.2) is 0 Å². The Labute approximate surface area is 224 Å². The number of nitrogens with zero attached hydrogens (tertiary/aromatic N) is 2. The lowest BCUT2D eigenvalue weighted by Crippen LogP contribution is -2.38. The second kappa shape index (κ2) is 11.5. The number of sulfonamides is 2. The molecule has 9 nitrogen and oxygen atoms in total. The maximum atomic E-state index is 13.5. The molecule has 0 unspecified atom stereocenters. The van der Waals surface area contributed by atoms with Crippen molar-refractivity contribution in [3.05, 3.63) is 78.4 Å². The molecule has 1 saturated heterocycles. The van der Waals surface area contributed by atoms with Gasteiger partial charge in [0.25, 0.3) is 10.0 Å². The number of benzene rings is 3. The van der Waals surface area contributed by atoms with E-state index in [0.29, 0.717) is 18.8 Å². The Morgan fingerprint density at radius 2 is 1.55 bits per heavy atom. The van der Waals surface area contributed by atoms with Gasteiger partial charge >= 0.3 is 0 Å². The van der Waals surface area contributed by atoms with Crippen molar-refractivity contribution in [3.8, 4) is 5.75 Å². The summed E-state index contributed by atoms with van der Waals surface area (Å²) in [6, 6.07) is 18.9. The minimum atomic E-state index is -4.08. The highest BCUT2D eigenvalue weighted by Crippen LogP contribution is 2.31. The number of aryl methyl sites for hydroxylation is 1.